The third kappa shape index (κ3) is 1.59. The SMILES string of the molecule is Cc1cscc1C(=O)C1=CCCC1. The summed E-state index contributed by atoms with van der Waals surface area (Å²) in [6, 6.07) is 0. The first-order chi connectivity index (χ1) is 6.29. The lowest BCUT2D eigenvalue weighted by Gasteiger charge is -1.99. The first-order valence-electron chi connectivity index (χ1n) is 4.55. The first kappa shape index (κ1) is 8.70. The van der Waals surface area contributed by atoms with Gasteiger partial charge in [-0.1, -0.05) is 6.08 Å². The minimum absolute atomic E-state index is 0.247. The number of carbonyl (C=O) groups excluding carboxylic acids is 1. The quantitative estimate of drug-likeness (QED) is 0.657. The average Bonchev–Trinajstić information content (AvgIpc) is 2.72. The maximum Gasteiger partial charge on any atom is 0.189 e. The molecule has 13 heavy (non-hydrogen) atoms. The third-order valence-corrected chi connectivity index (χ3v) is 3.29. The Morgan fingerprint density at radius 2 is 2.31 bits per heavy atom. The monoisotopic (exact) mass is 192 g/mol. The van der Waals surface area contributed by atoms with Gasteiger partial charge in [-0.05, 0) is 42.7 Å². The smallest absolute Gasteiger partial charge is 0.189 e. The van der Waals surface area contributed by atoms with Gasteiger partial charge in [0.1, 0.15) is 0 Å². The molecule has 1 aliphatic carbocycles. The topological polar surface area (TPSA) is 17.1 Å². The summed E-state index contributed by atoms with van der Waals surface area (Å²) in [5.74, 6) is 0.247. The molecular weight excluding hydrogens is 180 g/mol. The number of allylic oxidation sites excluding steroid dienone is 2. The molecule has 1 aromatic rings. The van der Waals surface area contributed by atoms with E-state index in [2.05, 4.69) is 6.08 Å². The summed E-state index contributed by atoms with van der Waals surface area (Å²) >= 11 is 1.61. The molecule has 0 spiro atoms. The Hall–Kier alpha value is -0.890. The number of ketones is 1. The molecule has 2 heteroatoms. The van der Waals surface area contributed by atoms with Crippen molar-refractivity contribution in [2.75, 3.05) is 0 Å². The van der Waals surface area contributed by atoms with E-state index in [1.165, 1.54) is 0 Å². The summed E-state index contributed by atoms with van der Waals surface area (Å²) in [7, 11) is 0. The van der Waals surface area contributed by atoms with Gasteiger partial charge < -0.3 is 0 Å². The van der Waals surface area contributed by atoms with Gasteiger partial charge in [0.25, 0.3) is 0 Å². The van der Waals surface area contributed by atoms with Crippen LogP contribution in [0.15, 0.2) is 22.4 Å². The molecule has 2 rings (SSSR count). The van der Waals surface area contributed by atoms with Crippen molar-refractivity contribution >= 4 is 17.1 Å². The van der Waals surface area contributed by atoms with Gasteiger partial charge in [-0.25, -0.2) is 0 Å². The Balaban J connectivity index is 2.27. The van der Waals surface area contributed by atoms with Gasteiger partial charge in [0.2, 0.25) is 0 Å². The van der Waals surface area contributed by atoms with Gasteiger partial charge in [-0.3, -0.25) is 4.79 Å². The Kier molecular flexibility index (Phi) is 2.32. The standard InChI is InChI=1S/C11H12OS/c1-8-6-13-7-10(8)11(12)9-4-2-3-5-9/h4,6-7H,2-3,5H2,1H3. The summed E-state index contributed by atoms with van der Waals surface area (Å²) < 4.78 is 0. The maximum absolute atomic E-state index is 11.9. The molecule has 1 aromatic heterocycles. The largest absolute Gasteiger partial charge is 0.289 e. The molecule has 0 saturated carbocycles. The highest BCUT2D eigenvalue weighted by molar-refractivity contribution is 7.08. The van der Waals surface area contributed by atoms with E-state index in [1.54, 1.807) is 11.3 Å². The minimum Gasteiger partial charge on any atom is -0.289 e. The second kappa shape index (κ2) is 3.46. The number of carbonyl (C=O) groups is 1. The fourth-order valence-electron chi connectivity index (χ4n) is 1.64. The van der Waals surface area contributed by atoms with Crippen LogP contribution in [0.4, 0.5) is 0 Å². The summed E-state index contributed by atoms with van der Waals surface area (Å²) in [5, 5.41) is 3.99. The van der Waals surface area contributed by atoms with E-state index in [9.17, 15) is 4.79 Å². The lowest BCUT2D eigenvalue weighted by atomic mass is 10.0. The second-order valence-corrected chi connectivity index (χ2v) is 4.16. The fraction of sp³-hybridized carbons (Fsp3) is 0.364. The van der Waals surface area contributed by atoms with Crippen LogP contribution in [0.5, 0.6) is 0 Å². The van der Waals surface area contributed by atoms with Gasteiger partial charge in [-0.2, -0.15) is 11.3 Å². The van der Waals surface area contributed by atoms with Gasteiger partial charge in [0, 0.05) is 10.9 Å². The first-order valence-corrected chi connectivity index (χ1v) is 5.50. The molecule has 0 bridgehead atoms. The van der Waals surface area contributed by atoms with Crippen molar-refractivity contribution in [3.8, 4) is 0 Å². The van der Waals surface area contributed by atoms with Crippen molar-refractivity contribution in [3.63, 3.8) is 0 Å². The average molecular weight is 192 g/mol. The summed E-state index contributed by atoms with van der Waals surface area (Å²) in [6.45, 7) is 2.00. The van der Waals surface area contributed by atoms with E-state index >= 15 is 0 Å². The van der Waals surface area contributed by atoms with E-state index in [0.717, 1.165) is 36.0 Å². The maximum atomic E-state index is 11.9. The molecule has 0 atom stereocenters. The zero-order valence-corrected chi connectivity index (χ0v) is 8.49. The molecular formula is C11H12OS. The van der Waals surface area contributed by atoms with Crippen molar-refractivity contribution in [2.24, 2.45) is 0 Å². The summed E-state index contributed by atoms with van der Waals surface area (Å²) in [5.41, 5.74) is 3.03. The zero-order valence-electron chi connectivity index (χ0n) is 7.67. The molecule has 1 nitrogen and oxygen atoms in total. The fourth-order valence-corrected chi connectivity index (χ4v) is 2.47. The van der Waals surface area contributed by atoms with Crippen LogP contribution in [0.2, 0.25) is 0 Å². The predicted molar refractivity (Wildman–Crippen MR) is 55.3 cm³/mol. The van der Waals surface area contributed by atoms with Gasteiger partial charge >= 0.3 is 0 Å². The molecule has 1 aliphatic rings. The van der Waals surface area contributed by atoms with Crippen LogP contribution in [-0.4, -0.2) is 5.78 Å². The van der Waals surface area contributed by atoms with Crippen molar-refractivity contribution in [2.45, 2.75) is 26.2 Å². The Morgan fingerprint density at radius 1 is 1.46 bits per heavy atom. The number of rotatable bonds is 2. The van der Waals surface area contributed by atoms with Crippen molar-refractivity contribution < 1.29 is 4.79 Å². The van der Waals surface area contributed by atoms with E-state index in [0.29, 0.717) is 0 Å². The van der Waals surface area contributed by atoms with Crippen LogP contribution < -0.4 is 0 Å². The number of thiophene rings is 1. The summed E-state index contributed by atoms with van der Waals surface area (Å²) in [6.07, 6.45) is 5.27. The molecule has 0 fully saturated rings. The van der Waals surface area contributed by atoms with Gasteiger partial charge in [0.15, 0.2) is 5.78 Å². The van der Waals surface area contributed by atoms with Crippen molar-refractivity contribution in [1.82, 2.24) is 0 Å². The van der Waals surface area contributed by atoms with Crippen LogP contribution in [0.1, 0.15) is 35.2 Å². The molecule has 0 amide bonds. The molecule has 0 unspecified atom stereocenters. The Morgan fingerprint density at radius 3 is 2.85 bits per heavy atom. The molecule has 0 aromatic carbocycles. The molecule has 0 radical (unpaired) electrons. The zero-order chi connectivity index (χ0) is 9.26. The number of Topliss-reactive ketones (excluding diaryl/α,β-unsaturated/α-hetero) is 1. The van der Waals surface area contributed by atoms with Gasteiger partial charge in [-0.15, -0.1) is 0 Å². The van der Waals surface area contributed by atoms with Gasteiger partial charge in [0.05, 0.1) is 0 Å². The number of hydrogen-bond donors (Lipinski definition) is 0. The Bertz CT molecular complexity index is 360. The van der Waals surface area contributed by atoms with E-state index < -0.39 is 0 Å². The van der Waals surface area contributed by atoms with E-state index in [4.69, 9.17) is 0 Å². The lowest BCUT2D eigenvalue weighted by Crippen LogP contribution is -2.01. The van der Waals surface area contributed by atoms with E-state index in [1.807, 2.05) is 17.7 Å². The molecule has 68 valence electrons. The molecule has 0 saturated heterocycles. The lowest BCUT2D eigenvalue weighted by molar-refractivity contribution is 0.103. The Labute approximate surface area is 82.1 Å². The van der Waals surface area contributed by atoms with Crippen LogP contribution in [0, 0.1) is 6.92 Å². The second-order valence-electron chi connectivity index (χ2n) is 3.42. The normalized spacial score (nSPS) is 15.9. The van der Waals surface area contributed by atoms with E-state index in [-0.39, 0.29) is 5.78 Å². The molecule has 1 heterocycles. The third-order valence-electron chi connectivity index (χ3n) is 2.43. The predicted octanol–water partition coefficient (Wildman–Crippen LogP) is 3.35. The van der Waals surface area contributed by atoms with Crippen LogP contribution >= 0.6 is 11.3 Å². The van der Waals surface area contributed by atoms with Crippen LogP contribution in [0.3, 0.4) is 0 Å². The van der Waals surface area contributed by atoms with Crippen molar-refractivity contribution in [3.05, 3.63) is 33.5 Å². The molecule has 0 N–H and O–H groups in total. The minimum atomic E-state index is 0.247. The number of aryl methyl sites for hydroxylation is 1. The highest BCUT2D eigenvalue weighted by Gasteiger charge is 2.17. The number of hydrogen-bond acceptors (Lipinski definition) is 2. The van der Waals surface area contributed by atoms with Crippen LogP contribution in [-0.2, 0) is 0 Å². The van der Waals surface area contributed by atoms with Crippen molar-refractivity contribution in [1.29, 1.82) is 0 Å². The highest BCUT2D eigenvalue weighted by atomic mass is 32.1. The van der Waals surface area contributed by atoms with Crippen LogP contribution in [0.25, 0.3) is 0 Å². The highest BCUT2D eigenvalue weighted by Crippen LogP contribution is 2.24. The molecule has 0 aliphatic heterocycles. The summed E-state index contributed by atoms with van der Waals surface area (Å²) in [4.78, 5) is 11.9.